The maximum absolute atomic E-state index is 9.97. The molecular formula is C11H23NO2. The Morgan fingerprint density at radius 1 is 1.29 bits per heavy atom. The minimum Gasteiger partial charge on any atom is -0.393 e. The quantitative estimate of drug-likeness (QED) is 0.598. The minimum absolute atomic E-state index is 0.0713. The maximum Gasteiger partial charge on any atom is 0.0766 e. The highest BCUT2D eigenvalue weighted by Gasteiger charge is 2.28. The molecule has 0 aromatic rings. The normalized spacial score (nSPS) is 27.4. The van der Waals surface area contributed by atoms with Gasteiger partial charge in [-0.15, -0.1) is 0 Å². The van der Waals surface area contributed by atoms with Crippen LogP contribution in [0.4, 0.5) is 0 Å². The van der Waals surface area contributed by atoms with E-state index in [2.05, 4.69) is 5.32 Å². The SMILES string of the molecule is CCC(O)(CC)CNCC1CC(O)C1. The number of hydrogen-bond acceptors (Lipinski definition) is 3. The molecule has 1 saturated carbocycles. The number of rotatable bonds is 6. The van der Waals surface area contributed by atoms with Crippen LogP contribution in [-0.4, -0.2) is 35.0 Å². The van der Waals surface area contributed by atoms with Crippen LogP contribution in [0.25, 0.3) is 0 Å². The topological polar surface area (TPSA) is 52.5 Å². The van der Waals surface area contributed by atoms with E-state index in [1.807, 2.05) is 13.8 Å². The van der Waals surface area contributed by atoms with Gasteiger partial charge in [0.2, 0.25) is 0 Å². The van der Waals surface area contributed by atoms with Gasteiger partial charge < -0.3 is 15.5 Å². The van der Waals surface area contributed by atoms with Gasteiger partial charge in [-0.3, -0.25) is 0 Å². The zero-order valence-corrected chi connectivity index (χ0v) is 9.29. The van der Waals surface area contributed by atoms with Crippen molar-refractivity contribution in [1.29, 1.82) is 0 Å². The fourth-order valence-corrected chi connectivity index (χ4v) is 1.88. The van der Waals surface area contributed by atoms with E-state index in [0.717, 1.165) is 32.2 Å². The summed E-state index contributed by atoms with van der Waals surface area (Å²) in [5, 5.41) is 22.4. The first-order chi connectivity index (χ1) is 6.59. The molecule has 3 N–H and O–H groups in total. The maximum atomic E-state index is 9.97. The molecule has 3 nitrogen and oxygen atoms in total. The Labute approximate surface area is 86.5 Å². The second-order valence-corrected chi connectivity index (χ2v) is 4.55. The number of hydrogen-bond donors (Lipinski definition) is 3. The fraction of sp³-hybridized carbons (Fsp3) is 1.00. The van der Waals surface area contributed by atoms with Crippen molar-refractivity contribution >= 4 is 0 Å². The number of aliphatic hydroxyl groups excluding tert-OH is 1. The third-order valence-corrected chi connectivity index (χ3v) is 3.41. The van der Waals surface area contributed by atoms with Crippen molar-refractivity contribution in [3.63, 3.8) is 0 Å². The van der Waals surface area contributed by atoms with Gasteiger partial charge in [0.25, 0.3) is 0 Å². The molecule has 14 heavy (non-hydrogen) atoms. The Morgan fingerprint density at radius 2 is 1.86 bits per heavy atom. The average molecular weight is 201 g/mol. The van der Waals surface area contributed by atoms with E-state index in [4.69, 9.17) is 5.11 Å². The Bertz CT molecular complexity index is 163. The van der Waals surface area contributed by atoms with E-state index in [1.54, 1.807) is 0 Å². The first-order valence-corrected chi connectivity index (χ1v) is 5.71. The fourth-order valence-electron chi connectivity index (χ4n) is 1.88. The van der Waals surface area contributed by atoms with Crippen LogP contribution in [-0.2, 0) is 0 Å². The van der Waals surface area contributed by atoms with Crippen molar-refractivity contribution in [2.24, 2.45) is 5.92 Å². The molecule has 0 aromatic carbocycles. The van der Waals surface area contributed by atoms with Gasteiger partial charge in [-0.25, -0.2) is 0 Å². The van der Waals surface area contributed by atoms with Crippen LogP contribution >= 0.6 is 0 Å². The predicted octanol–water partition coefficient (Wildman–Crippen LogP) is 0.898. The van der Waals surface area contributed by atoms with Crippen molar-refractivity contribution in [1.82, 2.24) is 5.32 Å². The largest absolute Gasteiger partial charge is 0.393 e. The summed E-state index contributed by atoms with van der Waals surface area (Å²) in [6.07, 6.45) is 3.36. The van der Waals surface area contributed by atoms with Crippen molar-refractivity contribution < 1.29 is 10.2 Å². The summed E-state index contributed by atoms with van der Waals surface area (Å²) in [6, 6.07) is 0. The molecule has 1 aliphatic rings. The van der Waals surface area contributed by atoms with E-state index in [-0.39, 0.29) is 6.10 Å². The zero-order chi connectivity index (χ0) is 10.6. The molecule has 0 spiro atoms. The minimum atomic E-state index is -0.539. The lowest BCUT2D eigenvalue weighted by atomic mass is 9.82. The standard InChI is InChI=1S/C11H23NO2/c1-3-11(14,4-2)8-12-7-9-5-10(13)6-9/h9-10,12-14H,3-8H2,1-2H3. The number of nitrogens with one attached hydrogen (secondary N) is 1. The second-order valence-electron chi connectivity index (χ2n) is 4.55. The van der Waals surface area contributed by atoms with Gasteiger partial charge in [-0.2, -0.15) is 0 Å². The van der Waals surface area contributed by atoms with Crippen molar-refractivity contribution in [2.45, 2.75) is 51.2 Å². The van der Waals surface area contributed by atoms with E-state index in [9.17, 15) is 5.11 Å². The monoisotopic (exact) mass is 201 g/mol. The highest BCUT2D eigenvalue weighted by molar-refractivity contribution is 4.83. The molecule has 3 heteroatoms. The molecule has 1 fully saturated rings. The van der Waals surface area contributed by atoms with Crippen LogP contribution in [0.2, 0.25) is 0 Å². The van der Waals surface area contributed by atoms with Gasteiger partial charge in [-0.1, -0.05) is 13.8 Å². The third-order valence-electron chi connectivity index (χ3n) is 3.41. The first-order valence-electron chi connectivity index (χ1n) is 5.71. The lowest BCUT2D eigenvalue weighted by Crippen LogP contribution is -2.43. The van der Waals surface area contributed by atoms with Gasteiger partial charge in [0.1, 0.15) is 0 Å². The lowest BCUT2D eigenvalue weighted by Gasteiger charge is -2.33. The molecule has 1 aliphatic carbocycles. The Kier molecular flexibility index (Phi) is 4.35. The summed E-state index contributed by atoms with van der Waals surface area (Å²) in [4.78, 5) is 0. The average Bonchev–Trinajstić information content (AvgIpc) is 2.15. The molecular weight excluding hydrogens is 178 g/mol. The smallest absolute Gasteiger partial charge is 0.0766 e. The summed E-state index contributed by atoms with van der Waals surface area (Å²) >= 11 is 0. The molecule has 0 radical (unpaired) electrons. The summed E-state index contributed by atoms with van der Waals surface area (Å²) in [5.74, 6) is 0.614. The molecule has 0 atom stereocenters. The molecule has 0 aliphatic heterocycles. The lowest BCUT2D eigenvalue weighted by molar-refractivity contribution is 0.0201. The first kappa shape index (κ1) is 12.0. The van der Waals surface area contributed by atoms with Crippen LogP contribution < -0.4 is 5.32 Å². The van der Waals surface area contributed by atoms with Crippen molar-refractivity contribution in [3.05, 3.63) is 0 Å². The van der Waals surface area contributed by atoms with Gasteiger partial charge in [0.05, 0.1) is 11.7 Å². The Balaban J connectivity index is 2.08. The van der Waals surface area contributed by atoms with Crippen LogP contribution in [0.3, 0.4) is 0 Å². The van der Waals surface area contributed by atoms with Gasteiger partial charge >= 0.3 is 0 Å². The Morgan fingerprint density at radius 3 is 2.29 bits per heavy atom. The molecule has 0 saturated heterocycles. The summed E-state index contributed by atoms with van der Waals surface area (Å²) in [5.41, 5.74) is -0.539. The van der Waals surface area contributed by atoms with Gasteiger partial charge in [0, 0.05) is 6.54 Å². The predicted molar refractivity (Wildman–Crippen MR) is 57.1 cm³/mol. The summed E-state index contributed by atoms with van der Waals surface area (Å²) < 4.78 is 0. The molecule has 0 unspecified atom stereocenters. The van der Waals surface area contributed by atoms with Crippen LogP contribution in [0.15, 0.2) is 0 Å². The zero-order valence-electron chi connectivity index (χ0n) is 9.29. The van der Waals surface area contributed by atoms with Gasteiger partial charge in [0.15, 0.2) is 0 Å². The summed E-state index contributed by atoms with van der Waals surface area (Å²) in [7, 11) is 0. The van der Waals surface area contributed by atoms with Crippen molar-refractivity contribution in [2.75, 3.05) is 13.1 Å². The molecule has 1 rings (SSSR count). The number of aliphatic hydroxyl groups is 2. The highest BCUT2D eigenvalue weighted by Crippen LogP contribution is 2.26. The highest BCUT2D eigenvalue weighted by atomic mass is 16.3. The second kappa shape index (κ2) is 5.10. The van der Waals surface area contributed by atoms with Crippen LogP contribution in [0, 0.1) is 5.92 Å². The van der Waals surface area contributed by atoms with E-state index >= 15 is 0 Å². The summed E-state index contributed by atoms with van der Waals surface area (Å²) in [6.45, 7) is 5.63. The molecule has 0 aromatic heterocycles. The van der Waals surface area contributed by atoms with Crippen LogP contribution in [0.5, 0.6) is 0 Å². The van der Waals surface area contributed by atoms with Gasteiger partial charge in [-0.05, 0) is 38.1 Å². The third kappa shape index (κ3) is 3.23. The molecule has 0 amide bonds. The Hall–Kier alpha value is -0.120. The molecule has 84 valence electrons. The van der Waals surface area contributed by atoms with E-state index < -0.39 is 5.60 Å². The van der Waals surface area contributed by atoms with Crippen molar-refractivity contribution in [3.8, 4) is 0 Å². The molecule has 0 heterocycles. The van der Waals surface area contributed by atoms with Crippen LogP contribution in [0.1, 0.15) is 39.5 Å². The van der Waals surface area contributed by atoms with E-state index in [0.29, 0.717) is 12.5 Å². The van der Waals surface area contributed by atoms with E-state index in [1.165, 1.54) is 0 Å². The molecule has 0 bridgehead atoms.